The lowest BCUT2D eigenvalue weighted by molar-refractivity contribution is 0.116. The summed E-state index contributed by atoms with van der Waals surface area (Å²) < 4.78 is 27.0. The van der Waals surface area contributed by atoms with Crippen molar-refractivity contribution < 1.29 is 13.2 Å². The minimum Gasteiger partial charge on any atom is -0.381 e. The zero-order valence-corrected chi connectivity index (χ0v) is 12.7. The van der Waals surface area contributed by atoms with E-state index in [1.54, 1.807) is 0 Å². The van der Waals surface area contributed by atoms with E-state index in [-0.39, 0.29) is 5.75 Å². The van der Waals surface area contributed by atoms with Crippen LogP contribution >= 0.6 is 10.7 Å². The van der Waals surface area contributed by atoms with E-state index in [4.69, 9.17) is 15.4 Å². The van der Waals surface area contributed by atoms with Crippen LogP contribution in [0.4, 0.5) is 0 Å². The average Bonchev–Trinajstić information content (AvgIpc) is 2.19. The lowest BCUT2D eigenvalue weighted by Gasteiger charge is -2.11. The molecule has 104 valence electrons. The van der Waals surface area contributed by atoms with E-state index in [1.807, 2.05) is 6.92 Å². The van der Waals surface area contributed by atoms with E-state index in [1.165, 1.54) is 6.42 Å². The Morgan fingerprint density at radius 3 is 2.24 bits per heavy atom. The van der Waals surface area contributed by atoms with Gasteiger partial charge >= 0.3 is 0 Å². The number of hydrogen-bond donors (Lipinski definition) is 0. The Kier molecular flexibility index (Phi) is 9.28. The number of hydrogen-bond acceptors (Lipinski definition) is 3. The molecular weight excluding hydrogens is 260 g/mol. The fraction of sp³-hybridized carbons (Fsp3) is 1.00. The van der Waals surface area contributed by atoms with Crippen LogP contribution in [0.25, 0.3) is 0 Å². The summed E-state index contributed by atoms with van der Waals surface area (Å²) in [5, 5.41) is 0. The molecular formula is C12H25ClO3S. The second-order valence-corrected chi connectivity index (χ2v) is 7.97. The van der Waals surface area contributed by atoms with Crippen molar-refractivity contribution in [3.05, 3.63) is 0 Å². The molecule has 0 bridgehead atoms. The average molecular weight is 285 g/mol. The van der Waals surface area contributed by atoms with Crippen LogP contribution in [-0.4, -0.2) is 27.4 Å². The highest BCUT2D eigenvalue weighted by molar-refractivity contribution is 8.13. The summed E-state index contributed by atoms with van der Waals surface area (Å²) in [6, 6.07) is 0. The van der Waals surface area contributed by atoms with Crippen molar-refractivity contribution in [1.82, 2.24) is 0 Å². The molecule has 0 aliphatic rings. The molecule has 0 aromatic heterocycles. The van der Waals surface area contributed by atoms with Crippen LogP contribution < -0.4 is 0 Å². The van der Waals surface area contributed by atoms with Gasteiger partial charge < -0.3 is 4.74 Å². The Labute approximate surface area is 110 Å². The van der Waals surface area contributed by atoms with Gasteiger partial charge in [0.15, 0.2) is 0 Å². The summed E-state index contributed by atoms with van der Waals surface area (Å²) in [5.74, 6) is 1.13. The molecule has 0 radical (unpaired) electrons. The molecule has 0 saturated heterocycles. The summed E-state index contributed by atoms with van der Waals surface area (Å²) in [6.07, 6.45) is 3.80. The van der Waals surface area contributed by atoms with Crippen molar-refractivity contribution in [3.8, 4) is 0 Å². The van der Waals surface area contributed by atoms with Crippen molar-refractivity contribution in [1.29, 1.82) is 0 Å². The summed E-state index contributed by atoms with van der Waals surface area (Å²) in [7, 11) is 1.81. The molecule has 0 spiro atoms. The van der Waals surface area contributed by atoms with Gasteiger partial charge in [-0.05, 0) is 37.5 Å². The fourth-order valence-electron chi connectivity index (χ4n) is 1.47. The van der Waals surface area contributed by atoms with Crippen molar-refractivity contribution in [2.45, 2.75) is 46.5 Å². The Morgan fingerprint density at radius 2 is 1.71 bits per heavy atom. The molecule has 0 N–H and O–H groups in total. The third-order valence-corrected chi connectivity index (χ3v) is 3.87. The zero-order valence-electron chi connectivity index (χ0n) is 11.1. The third-order valence-electron chi connectivity index (χ3n) is 2.68. The number of ether oxygens (including phenoxy) is 1. The van der Waals surface area contributed by atoms with E-state index < -0.39 is 9.05 Å². The predicted molar refractivity (Wildman–Crippen MR) is 72.9 cm³/mol. The highest BCUT2D eigenvalue weighted by Gasteiger charge is 2.09. The molecule has 0 aliphatic heterocycles. The molecule has 0 amide bonds. The molecule has 0 saturated carbocycles. The molecule has 1 atom stereocenters. The van der Waals surface area contributed by atoms with Gasteiger partial charge in [-0.25, -0.2) is 8.42 Å². The quantitative estimate of drug-likeness (QED) is 0.456. The zero-order chi connectivity index (χ0) is 13.3. The van der Waals surface area contributed by atoms with Crippen LogP contribution in [0.15, 0.2) is 0 Å². The summed E-state index contributed by atoms with van der Waals surface area (Å²) in [5.41, 5.74) is 0. The molecule has 0 aromatic rings. The molecule has 0 fully saturated rings. The molecule has 0 heterocycles. The first-order chi connectivity index (χ1) is 7.81. The molecule has 3 nitrogen and oxygen atoms in total. The van der Waals surface area contributed by atoms with Crippen LogP contribution in [0.1, 0.15) is 46.5 Å². The van der Waals surface area contributed by atoms with E-state index in [0.29, 0.717) is 18.9 Å². The van der Waals surface area contributed by atoms with E-state index in [2.05, 4.69) is 13.8 Å². The van der Waals surface area contributed by atoms with Crippen molar-refractivity contribution in [2.75, 3.05) is 19.0 Å². The van der Waals surface area contributed by atoms with Crippen molar-refractivity contribution >= 4 is 19.7 Å². The number of rotatable bonds is 10. The Morgan fingerprint density at radius 1 is 1.06 bits per heavy atom. The van der Waals surface area contributed by atoms with Crippen molar-refractivity contribution in [3.63, 3.8) is 0 Å². The van der Waals surface area contributed by atoms with Crippen LogP contribution in [0.2, 0.25) is 0 Å². The highest BCUT2D eigenvalue weighted by Crippen LogP contribution is 2.11. The Balaban J connectivity index is 3.36. The van der Waals surface area contributed by atoms with Crippen LogP contribution in [0.3, 0.4) is 0 Å². The first-order valence-corrected chi connectivity index (χ1v) is 8.79. The van der Waals surface area contributed by atoms with Gasteiger partial charge in [-0.1, -0.05) is 20.8 Å². The largest absolute Gasteiger partial charge is 0.381 e. The topological polar surface area (TPSA) is 43.4 Å². The van der Waals surface area contributed by atoms with Gasteiger partial charge in [0, 0.05) is 23.9 Å². The van der Waals surface area contributed by atoms with Crippen molar-refractivity contribution in [2.24, 2.45) is 11.8 Å². The molecule has 0 aromatic carbocycles. The third kappa shape index (κ3) is 14.1. The van der Waals surface area contributed by atoms with Gasteiger partial charge in [-0.2, -0.15) is 0 Å². The van der Waals surface area contributed by atoms with Gasteiger partial charge in [0.05, 0.1) is 5.75 Å². The first-order valence-electron chi connectivity index (χ1n) is 6.31. The maximum absolute atomic E-state index is 10.7. The van der Waals surface area contributed by atoms with Gasteiger partial charge in [-0.3, -0.25) is 0 Å². The summed E-state index contributed by atoms with van der Waals surface area (Å²) >= 11 is 0. The second kappa shape index (κ2) is 9.17. The molecule has 17 heavy (non-hydrogen) atoms. The van der Waals surface area contributed by atoms with E-state index >= 15 is 0 Å². The molecule has 0 aliphatic carbocycles. The Bertz CT molecular complexity index is 275. The smallest absolute Gasteiger partial charge is 0.232 e. The van der Waals surface area contributed by atoms with E-state index in [0.717, 1.165) is 25.4 Å². The van der Waals surface area contributed by atoms with Crippen LogP contribution in [-0.2, 0) is 13.8 Å². The standard InChI is InChI=1S/C12H25ClO3S/c1-11(2)5-4-8-16-9-6-12(3)7-10-17(13,14)15/h11-12H,4-10H2,1-3H3. The van der Waals surface area contributed by atoms with E-state index in [9.17, 15) is 8.42 Å². The van der Waals surface area contributed by atoms with Crippen LogP contribution in [0.5, 0.6) is 0 Å². The lowest BCUT2D eigenvalue weighted by Crippen LogP contribution is -2.08. The highest BCUT2D eigenvalue weighted by atomic mass is 35.7. The maximum atomic E-state index is 10.7. The summed E-state index contributed by atoms with van der Waals surface area (Å²) in [6.45, 7) is 7.95. The van der Waals surface area contributed by atoms with Gasteiger partial charge in [0.25, 0.3) is 0 Å². The summed E-state index contributed by atoms with van der Waals surface area (Å²) in [4.78, 5) is 0. The van der Waals surface area contributed by atoms with Gasteiger partial charge in [0.1, 0.15) is 0 Å². The predicted octanol–water partition coefficient (Wildman–Crippen LogP) is 3.42. The normalized spacial score (nSPS) is 14.2. The fourth-order valence-corrected chi connectivity index (χ4v) is 2.42. The lowest BCUT2D eigenvalue weighted by atomic mass is 10.1. The van der Waals surface area contributed by atoms with Gasteiger partial charge in [0.2, 0.25) is 9.05 Å². The minimum absolute atomic E-state index is 0.0586. The number of halogens is 1. The molecule has 1 unspecified atom stereocenters. The molecule has 0 rings (SSSR count). The Hall–Kier alpha value is 0.200. The second-order valence-electron chi connectivity index (χ2n) is 5.07. The SMILES string of the molecule is CC(C)CCCOCCC(C)CCS(=O)(=O)Cl. The molecule has 5 heteroatoms. The minimum atomic E-state index is -3.34. The monoisotopic (exact) mass is 284 g/mol. The maximum Gasteiger partial charge on any atom is 0.232 e. The van der Waals surface area contributed by atoms with Crippen LogP contribution in [0, 0.1) is 11.8 Å². The first kappa shape index (κ1) is 17.2. The van der Waals surface area contributed by atoms with Gasteiger partial charge in [-0.15, -0.1) is 0 Å².